The maximum absolute atomic E-state index is 12.4. The first kappa shape index (κ1) is 19.2. The van der Waals surface area contributed by atoms with Gasteiger partial charge in [0.25, 0.3) is 0 Å². The zero-order valence-electron chi connectivity index (χ0n) is 15.6. The summed E-state index contributed by atoms with van der Waals surface area (Å²) in [5.41, 5.74) is 1.35. The third-order valence-electron chi connectivity index (χ3n) is 4.21. The van der Waals surface area contributed by atoms with Crippen LogP contribution < -0.4 is 15.4 Å². The van der Waals surface area contributed by atoms with E-state index in [1.807, 2.05) is 13.8 Å². The van der Waals surface area contributed by atoms with Crippen molar-refractivity contribution in [3.63, 3.8) is 0 Å². The van der Waals surface area contributed by atoms with Gasteiger partial charge in [-0.1, -0.05) is 26.0 Å². The van der Waals surface area contributed by atoms with Crippen LogP contribution in [-0.2, 0) is 9.53 Å². The number of amides is 2. The van der Waals surface area contributed by atoms with Crippen molar-refractivity contribution in [2.24, 2.45) is 5.92 Å². The summed E-state index contributed by atoms with van der Waals surface area (Å²) in [6.45, 7) is 3.73. The summed E-state index contributed by atoms with van der Waals surface area (Å²) >= 11 is 0. The van der Waals surface area contributed by atoms with Gasteiger partial charge in [0.15, 0.2) is 0 Å². The van der Waals surface area contributed by atoms with Crippen molar-refractivity contribution in [3.05, 3.63) is 65.3 Å². The quantitative estimate of drug-likeness (QED) is 0.606. The number of ether oxygens (including phenoxy) is 2. The summed E-state index contributed by atoms with van der Waals surface area (Å²) in [5, 5.41) is 5.40. The van der Waals surface area contributed by atoms with Gasteiger partial charge in [-0.3, -0.25) is 0 Å². The van der Waals surface area contributed by atoms with Crippen molar-refractivity contribution in [1.29, 1.82) is 0 Å². The SMILES string of the molecule is COC(=O)C1=C(C(C)C)NC(=O)NC1c1cccc(OC(=O)c2ccco2)c1. The van der Waals surface area contributed by atoms with Crippen LogP contribution in [-0.4, -0.2) is 25.1 Å². The van der Waals surface area contributed by atoms with Gasteiger partial charge in [0.1, 0.15) is 5.75 Å². The van der Waals surface area contributed by atoms with Crippen molar-refractivity contribution in [3.8, 4) is 5.75 Å². The molecule has 0 fully saturated rings. The van der Waals surface area contributed by atoms with Crippen LogP contribution in [0.5, 0.6) is 5.75 Å². The number of carbonyl (C=O) groups excluding carboxylic acids is 3. The highest BCUT2D eigenvalue weighted by Crippen LogP contribution is 2.32. The van der Waals surface area contributed by atoms with Gasteiger partial charge in [0.05, 0.1) is 25.0 Å². The fraction of sp³-hybridized carbons (Fsp3) is 0.250. The van der Waals surface area contributed by atoms with Crippen LogP contribution in [0.15, 0.2) is 58.3 Å². The minimum Gasteiger partial charge on any atom is -0.466 e. The molecule has 1 unspecified atom stereocenters. The number of rotatable bonds is 5. The van der Waals surface area contributed by atoms with Gasteiger partial charge in [-0.05, 0) is 35.7 Å². The van der Waals surface area contributed by atoms with Gasteiger partial charge in [-0.2, -0.15) is 0 Å². The molecule has 0 spiro atoms. The van der Waals surface area contributed by atoms with Crippen LogP contribution >= 0.6 is 0 Å². The number of hydrogen-bond donors (Lipinski definition) is 2. The molecule has 0 bridgehead atoms. The number of esters is 2. The Balaban J connectivity index is 1.96. The van der Waals surface area contributed by atoms with Gasteiger partial charge in [-0.25, -0.2) is 14.4 Å². The minimum atomic E-state index is -0.749. The molecule has 2 heterocycles. The molecule has 146 valence electrons. The lowest BCUT2D eigenvalue weighted by Gasteiger charge is -2.30. The third-order valence-corrected chi connectivity index (χ3v) is 4.21. The van der Waals surface area contributed by atoms with Crippen molar-refractivity contribution >= 4 is 18.0 Å². The number of urea groups is 1. The van der Waals surface area contributed by atoms with E-state index in [1.165, 1.54) is 19.4 Å². The average Bonchev–Trinajstić information content (AvgIpc) is 3.22. The standard InChI is InChI=1S/C20H20N2O6/c1-11(2)16-15(19(24)26-3)17(22-20(25)21-16)12-6-4-7-13(10-12)28-18(23)14-8-5-9-27-14/h4-11,17H,1-3H3,(H2,21,22,25). The van der Waals surface area contributed by atoms with Gasteiger partial charge < -0.3 is 24.5 Å². The predicted molar refractivity (Wildman–Crippen MR) is 98.4 cm³/mol. The Bertz CT molecular complexity index is 930. The number of allylic oxidation sites excluding steroid dienone is 1. The molecule has 0 saturated heterocycles. The second kappa shape index (κ2) is 7.99. The smallest absolute Gasteiger partial charge is 0.379 e. The molecule has 1 aliphatic heterocycles. The second-order valence-electron chi connectivity index (χ2n) is 6.44. The van der Waals surface area contributed by atoms with E-state index < -0.39 is 24.0 Å². The summed E-state index contributed by atoms with van der Waals surface area (Å²) in [7, 11) is 1.28. The molecule has 0 radical (unpaired) electrons. The van der Waals surface area contributed by atoms with Gasteiger partial charge >= 0.3 is 18.0 Å². The monoisotopic (exact) mass is 384 g/mol. The largest absolute Gasteiger partial charge is 0.466 e. The van der Waals surface area contributed by atoms with Gasteiger partial charge in [0, 0.05) is 5.70 Å². The van der Waals surface area contributed by atoms with Crippen LogP contribution in [0.3, 0.4) is 0 Å². The molecule has 28 heavy (non-hydrogen) atoms. The van der Waals surface area contributed by atoms with Crippen molar-refractivity contribution in [1.82, 2.24) is 10.6 Å². The summed E-state index contributed by atoms with van der Waals surface area (Å²) in [5.74, 6) is -0.996. The Morgan fingerprint density at radius 1 is 1.14 bits per heavy atom. The molecule has 0 aliphatic carbocycles. The van der Waals surface area contributed by atoms with E-state index >= 15 is 0 Å². The van der Waals surface area contributed by atoms with Crippen molar-refractivity contribution in [2.75, 3.05) is 7.11 Å². The Kier molecular flexibility index (Phi) is 5.49. The van der Waals surface area contributed by atoms with E-state index in [4.69, 9.17) is 13.9 Å². The molecular weight excluding hydrogens is 364 g/mol. The number of furan rings is 1. The first-order valence-corrected chi connectivity index (χ1v) is 8.66. The summed E-state index contributed by atoms with van der Waals surface area (Å²) in [6.07, 6.45) is 1.37. The summed E-state index contributed by atoms with van der Waals surface area (Å²) < 4.78 is 15.3. The second-order valence-corrected chi connectivity index (χ2v) is 6.44. The lowest BCUT2D eigenvalue weighted by atomic mass is 9.91. The molecule has 2 N–H and O–H groups in total. The van der Waals surface area contributed by atoms with Gasteiger partial charge in [0.2, 0.25) is 5.76 Å². The minimum absolute atomic E-state index is 0.0674. The molecule has 2 aromatic rings. The molecule has 2 amide bonds. The van der Waals surface area contributed by atoms with E-state index in [9.17, 15) is 14.4 Å². The molecule has 1 atom stereocenters. The van der Waals surface area contributed by atoms with E-state index in [0.717, 1.165) is 0 Å². The number of carbonyl (C=O) groups is 3. The van der Waals surface area contributed by atoms with Gasteiger partial charge in [-0.15, -0.1) is 0 Å². The predicted octanol–water partition coefficient (Wildman–Crippen LogP) is 2.94. The molecular formula is C20H20N2O6. The Morgan fingerprint density at radius 3 is 2.57 bits per heavy atom. The lowest BCUT2D eigenvalue weighted by molar-refractivity contribution is -0.136. The average molecular weight is 384 g/mol. The molecule has 3 rings (SSSR count). The first-order chi connectivity index (χ1) is 13.4. The third kappa shape index (κ3) is 3.90. The highest BCUT2D eigenvalue weighted by Gasteiger charge is 2.34. The summed E-state index contributed by atoms with van der Waals surface area (Å²) in [4.78, 5) is 36.6. The fourth-order valence-electron chi connectivity index (χ4n) is 2.94. The molecule has 1 aliphatic rings. The van der Waals surface area contributed by atoms with E-state index in [1.54, 1.807) is 30.3 Å². The van der Waals surface area contributed by atoms with Crippen LogP contribution in [0.4, 0.5) is 4.79 Å². The Morgan fingerprint density at radius 2 is 1.93 bits per heavy atom. The van der Waals surface area contributed by atoms with Crippen LogP contribution in [0.1, 0.15) is 36.0 Å². The van der Waals surface area contributed by atoms with Crippen LogP contribution in [0, 0.1) is 5.92 Å². The van der Waals surface area contributed by atoms with Crippen molar-refractivity contribution < 1.29 is 28.3 Å². The Hall–Kier alpha value is -3.55. The topological polar surface area (TPSA) is 107 Å². The highest BCUT2D eigenvalue weighted by molar-refractivity contribution is 5.95. The van der Waals surface area contributed by atoms with E-state index in [2.05, 4.69) is 10.6 Å². The van der Waals surface area contributed by atoms with E-state index in [0.29, 0.717) is 16.8 Å². The zero-order valence-corrected chi connectivity index (χ0v) is 15.6. The van der Waals surface area contributed by atoms with Crippen LogP contribution in [0.25, 0.3) is 0 Å². The number of hydrogen-bond acceptors (Lipinski definition) is 6. The number of benzene rings is 1. The molecule has 1 aromatic heterocycles. The van der Waals surface area contributed by atoms with Crippen molar-refractivity contribution in [2.45, 2.75) is 19.9 Å². The fourth-order valence-corrected chi connectivity index (χ4v) is 2.94. The number of nitrogens with one attached hydrogen (secondary N) is 2. The molecule has 8 nitrogen and oxygen atoms in total. The zero-order chi connectivity index (χ0) is 20.3. The summed E-state index contributed by atoms with van der Waals surface area (Å²) in [6, 6.07) is 8.46. The normalized spacial score (nSPS) is 16.4. The Labute approximate surface area is 161 Å². The first-order valence-electron chi connectivity index (χ1n) is 8.66. The molecule has 1 aromatic carbocycles. The molecule has 0 saturated carbocycles. The lowest BCUT2D eigenvalue weighted by Crippen LogP contribution is -2.47. The van der Waals surface area contributed by atoms with E-state index in [-0.39, 0.29) is 17.4 Å². The maximum atomic E-state index is 12.4. The number of methoxy groups -OCH3 is 1. The maximum Gasteiger partial charge on any atom is 0.379 e. The van der Waals surface area contributed by atoms with Crippen LogP contribution in [0.2, 0.25) is 0 Å². The highest BCUT2D eigenvalue weighted by atomic mass is 16.5. The molecule has 8 heteroatoms.